The van der Waals surface area contributed by atoms with Gasteiger partial charge in [-0.15, -0.1) is 0 Å². The van der Waals surface area contributed by atoms with Crippen LogP contribution in [0.1, 0.15) is 45.2 Å². The van der Waals surface area contributed by atoms with Gasteiger partial charge in [0.2, 0.25) is 0 Å². The summed E-state index contributed by atoms with van der Waals surface area (Å²) in [6, 6.07) is 19.5. The van der Waals surface area contributed by atoms with Crippen LogP contribution in [0.3, 0.4) is 0 Å². The van der Waals surface area contributed by atoms with Crippen LogP contribution >= 0.6 is 0 Å². The van der Waals surface area contributed by atoms with Gasteiger partial charge in [-0.1, -0.05) is 60.7 Å². The molecular formula is C24H31N3O2. The zero-order valence-corrected chi connectivity index (χ0v) is 17.8. The second-order valence-corrected chi connectivity index (χ2v) is 8.15. The molecule has 1 aliphatic rings. The maximum absolute atomic E-state index is 13.6. The van der Waals surface area contributed by atoms with Crippen LogP contribution < -0.4 is 5.32 Å². The van der Waals surface area contributed by atoms with E-state index in [2.05, 4.69) is 37.9 Å². The summed E-state index contributed by atoms with van der Waals surface area (Å²) in [6.07, 6.45) is 0.745. The van der Waals surface area contributed by atoms with E-state index in [1.807, 2.05) is 60.7 Å². The highest BCUT2D eigenvalue weighted by Gasteiger charge is 2.53. The molecule has 1 saturated heterocycles. The van der Waals surface area contributed by atoms with E-state index in [9.17, 15) is 9.59 Å². The minimum atomic E-state index is -1.17. The Kier molecular flexibility index (Phi) is 6.38. The summed E-state index contributed by atoms with van der Waals surface area (Å²) in [6.45, 7) is 9.93. The SMILES string of the molecule is CC(C)N(CCCN1C(=O)NC(c2ccccc2)(c2ccccc2)C1=O)C(C)C. The average molecular weight is 394 g/mol. The predicted octanol–water partition coefficient (Wildman–Crippen LogP) is 3.99. The Hall–Kier alpha value is -2.66. The van der Waals surface area contributed by atoms with Crippen molar-refractivity contribution in [1.29, 1.82) is 0 Å². The molecule has 0 radical (unpaired) electrons. The standard InChI is InChI=1S/C24H31N3O2/c1-18(2)26(19(3)4)16-11-17-27-22(28)24(25-23(27)29,20-12-7-5-8-13-20)21-14-9-6-10-15-21/h5-10,12-15,18-19H,11,16-17H2,1-4H3,(H,25,29). The van der Waals surface area contributed by atoms with Crippen molar-refractivity contribution in [2.75, 3.05) is 13.1 Å². The minimum Gasteiger partial charge on any atom is -0.315 e. The van der Waals surface area contributed by atoms with Crippen LogP contribution in [0.15, 0.2) is 60.7 Å². The summed E-state index contributed by atoms with van der Waals surface area (Å²) < 4.78 is 0. The number of carbonyl (C=O) groups is 2. The number of nitrogens with one attached hydrogen (secondary N) is 1. The fraction of sp³-hybridized carbons (Fsp3) is 0.417. The highest BCUT2D eigenvalue weighted by molar-refractivity contribution is 6.09. The van der Waals surface area contributed by atoms with Crippen LogP contribution in [0.2, 0.25) is 0 Å². The fourth-order valence-electron chi connectivity index (χ4n) is 4.24. The molecule has 1 N–H and O–H groups in total. The average Bonchev–Trinajstić information content (AvgIpc) is 2.97. The zero-order chi connectivity index (χ0) is 21.0. The molecule has 2 aromatic rings. The molecule has 0 aliphatic carbocycles. The Morgan fingerprint density at radius 2 is 1.34 bits per heavy atom. The van der Waals surface area contributed by atoms with Crippen molar-refractivity contribution < 1.29 is 9.59 Å². The number of imide groups is 1. The first-order valence-corrected chi connectivity index (χ1v) is 10.4. The molecule has 3 amide bonds. The van der Waals surface area contributed by atoms with E-state index in [0.717, 1.165) is 24.1 Å². The van der Waals surface area contributed by atoms with Gasteiger partial charge in [-0.3, -0.25) is 14.6 Å². The maximum Gasteiger partial charge on any atom is 0.325 e. The number of amides is 3. The summed E-state index contributed by atoms with van der Waals surface area (Å²) in [5.74, 6) is -0.208. The Labute approximate surface area is 173 Å². The number of carbonyl (C=O) groups excluding carboxylic acids is 2. The van der Waals surface area contributed by atoms with Gasteiger partial charge < -0.3 is 5.32 Å². The van der Waals surface area contributed by atoms with Crippen LogP contribution in [0.4, 0.5) is 4.79 Å². The highest BCUT2D eigenvalue weighted by Crippen LogP contribution is 2.36. The van der Waals surface area contributed by atoms with Crippen LogP contribution in [-0.2, 0) is 10.3 Å². The third-order valence-corrected chi connectivity index (χ3v) is 5.64. The van der Waals surface area contributed by atoms with E-state index in [1.54, 1.807) is 0 Å². The molecule has 0 spiro atoms. The number of hydrogen-bond acceptors (Lipinski definition) is 3. The quantitative estimate of drug-likeness (QED) is 0.690. The van der Waals surface area contributed by atoms with Gasteiger partial charge in [0.1, 0.15) is 0 Å². The molecule has 2 aromatic carbocycles. The van der Waals surface area contributed by atoms with Crippen molar-refractivity contribution in [3.05, 3.63) is 71.8 Å². The molecule has 1 fully saturated rings. The molecule has 1 aliphatic heterocycles. The van der Waals surface area contributed by atoms with E-state index >= 15 is 0 Å². The normalized spacial score (nSPS) is 16.2. The number of urea groups is 1. The molecule has 3 rings (SSSR count). The molecule has 0 unspecified atom stereocenters. The highest BCUT2D eigenvalue weighted by atomic mass is 16.2. The van der Waals surface area contributed by atoms with Crippen molar-refractivity contribution in [2.45, 2.75) is 51.7 Å². The van der Waals surface area contributed by atoms with Crippen molar-refractivity contribution in [1.82, 2.24) is 15.1 Å². The van der Waals surface area contributed by atoms with Crippen molar-refractivity contribution in [3.63, 3.8) is 0 Å². The number of rotatable bonds is 8. The Morgan fingerprint density at radius 1 is 0.862 bits per heavy atom. The van der Waals surface area contributed by atoms with Crippen LogP contribution in [0.25, 0.3) is 0 Å². The van der Waals surface area contributed by atoms with Gasteiger partial charge in [-0.2, -0.15) is 0 Å². The molecule has 0 atom stereocenters. The van der Waals surface area contributed by atoms with Gasteiger partial charge >= 0.3 is 6.03 Å². The van der Waals surface area contributed by atoms with Gasteiger partial charge in [0, 0.05) is 25.2 Å². The first-order chi connectivity index (χ1) is 13.9. The molecule has 0 saturated carbocycles. The smallest absolute Gasteiger partial charge is 0.315 e. The first-order valence-electron chi connectivity index (χ1n) is 10.4. The summed E-state index contributed by atoms with van der Waals surface area (Å²) in [7, 11) is 0. The first kappa shape index (κ1) is 21.1. The minimum absolute atomic E-state index is 0.208. The van der Waals surface area contributed by atoms with E-state index < -0.39 is 5.54 Å². The van der Waals surface area contributed by atoms with Gasteiger partial charge in [-0.05, 0) is 45.2 Å². The monoisotopic (exact) mass is 393 g/mol. The summed E-state index contributed by atoms with van der Waals surface area (Å²) in [5.41, 5.74) is 0.381. The molecule has 5 heteroatoms. The van der Waals surface area contributed by atoms with Gasteiger partial charge in [0.05, 0.1) is 0 Å². The number of nitrogens with zero attached hydrogens (tertiary/aromatic N) is 2. The lowest BCUT2D eigenvalue weighted by Gasteiger charge is -2.31. The Morgan fingerprint density at radius 3 is 1.79 bits per heavy atom. The predicted molar refractivity (Wildman–Crippen MR) is 116 cm³/mol. The second kappa shape index (κ2) is 8.78. The van der Waals surface area contributed by atoms with Crippen molar-refractivity contribution in [2.24, 2.45) is 0 Å². The summed E-state index contributed by atoms with van der Waals surface area (Å²) >= 11 is 0. The lowest BCUT2D eigenvalue weighted by molar-refractivity contribution is -0.130. The molecule has 0 aromatic heterocycles. The summed E-state index contributed by atoms with van der Waals surface area (Å²) in [5, 5.41) is 3.01. The molecule has 154 valence electrons. The maximum atomic E-state index is 13.6. The molecule has 1 heterocycles. The third kappa shape index (κ3) is 4.06. The number of hydrogen-bond donors (Lipinski definition) is 1. The van der Waals surface area contributed by atoms with Gasteiger partial charge in [-0.25, -0.2) is 4.79 Å². The van der Waals surface area contributed by atoms with Crippen LogP contribution in [-0.4, -0.2) is 46.9 Å². The van der Waals surface area contributed by atoms with Crippen molar-refractivity contribution in [3.8, 4) is 0 Å². The van der Waals surface area contributed by atoms with E-state index in [-0.39, 0.29) is 11.9 Å². The fourth-order valence-corrected chi connectivity index (χ4v) is 4.24. The molecule has 5 nitrogen and oxygen atoms in total. The third-order valence-electron chi connectivity index (χ3n) is 5.64. The van der Waals surface area contributed by atoms with Gasteiger partial charge in [0.15, 0.2) is 5.54 Å². The van der Waals surface area contributed by atoms with Crippen molar-refractivity contribution >= 4 is 11.9 Å². The number of benzene rings is 2. The Bertz CT molecular complexity index is 786. The topological polar surface area (TPSA) is 52.6 Å². The molecular weight excluding hydrogens is 362 g/mol. The van der Waals surface area contributed by atoms with Crippen LogP contribution in [0.5, 0.6) is 0 Å². The van der Waals surface area contributed by atoms with E-state index in [1.165, 1.54) is 4.90 Å². The van der Waals surface area contributed by atoms with E-state index in [0.29, 0.717) is 18.6 Å². The Balaban J connectivity index is 1.86. The second-order valence-electron chi connectivity index (χ2n) is 8.15. The zero-order valence-electron chi connectivity index (χ0n) is 17.8. The lowest BCUT2D eigenvalue weighted by atomic mass is 9.82. The summed E-state index contributed by atoms with van der Waals surface area (Å²) in [4.78, 5) is 30.2. The largest absolute Gasteiger partial charge is 0.325 e. The lowest BCUT2D eigenvalue weighted by Crippen LogP contribution is -2.45. The van der Waals surface area contributed by atoms with E-state index in [4.69, 9.17) is 0 Å². The van der Waals surface area contributed by atoms with Crippen LogP contribution in [0, 0.1) is 0 Å². The van der Waals surface area contributed by atoms with Gasteiger partial charge in [0.25, 0.3) is 5.91 Å². The molecule has 29 heavy (non-hydrogen) atoms. The molecule has 0 bridgehead atoms.